The zero-order chi connectivity index (χ0) is 18.5. The summed E-state index contributed by atoms with van der Waals surface area (Å²) >= 11 is 13.5. The van der Waals surface area contributed by atoms with Gasteiger partial charge in [-0.05, 0) is 30.3 Å². The van der Waals surface area contributed by atoms with Crippen LogP contribution in [0.3, 0.4) is 0 Å². The summed E-state index contributed by atoms with van der Waals surface area (Å²) in [6, 6.07) is 12.9. The summed E-state index contributed by atoms with van der Waals surface area (Å²) in [6.45, 7) is 0.493. The van der Waals surface area contributed by atoms with Crippen molar-refractivity contribution in [1.29, 1.82) is 0 Å². The van der Waals surface area contributed by atoms with Crippen LogP contribution >= 0.6 is 35.0 Å². The smallest absolute Gasteiger partial charge is 0.191 e. The Hall–Kier alpha value is -1.89. The third kappa shape index (κ3) is 4.44. The topological polar surface area (TPSA) is 49.2 Å². The Labute approximate surface area is 166 Å². The maximum absolute atomic E-state index is 6.09. The van der Waals surface area contributed by atoms with E-state index >= 15 is 0 Å². The molecule has 0 spiro atoms. The highest BCUT2D eigenvalue weighted by molar-refractivity contribution is 7.99. The molecule has 1 aromatic heterocycles. The maximum Gasteiger partial charge on any atom is 0.191 e. The van der Waals surface area contributed by atoms with Crippen molar-refractivity contribution in [1.82, 2.24) is 14.8 Å². The van der Waals surface area contributed by atoms with Crippen LogP contribution in [0.2, 0.25) is 10.0 Å². The number of methoxy groups -OCH3 is 1. The monoisotopic (exact) mass is 409 g/mol. The SMILES string of the molecule is COc1cccc(-c2nnc(SCCOc3ccc(Cl)cc3Cl)n2C)c1. The Kier molecular flexibility index (Phi) is 6.29. The molecule has 0 N–H and O–H groups in total. The average molecular weight is 410 g/mol. The first kappa shape index (κ1) is 18.9. The molecule has 0 bridgehead atoms. The minimum absolute atomic E-state index is 0.493. The summed E-state index contributed by atoms with van der Waals surface area (Å²) in [6.07, 6.45) is 0. The highest BCUT2D eigenvalue weighted by Crippen LogP contribution is 2.28. The Bertz CT molecular complexity index is 902. The van der Waals surface area contributed by atoms with Gasteiger partial charge >= 0.3 is 0 Å². The lowest BCUT2D eigenvalue weighted by Crippen LogP contribution is -2.02. The Morgan fingerprint density at radius 2 is 1.96 bits per heavy atom. The molecule has 0 aliphatic heterocycles. The molecule has 0 radical (unpaired) electrons. The fraction of sp³-hybridized carbons (Fsp3) is 0.222. The molecule has 0 unspecified atom stereocenters. The lowest BCUT2D eigenvalue weighted by Gasteiger charge is -2.08. The van der Waals surface area contributed by atoms with Crippen LogP contribution in [0.5, 0.6) is 11.5 Å². The second-order valence-electron chi connectivity index (χ2n) is 5.37. The van der Waals surface area contributed by atoms with E-state index in [1.54, 1.807) is 37.1 Å². The predicted octanol–water partition coefficient (Wildman–Crippen LogP) is 4.97. The number of hydrogen-bond acceptors (Lipinski definition) is 5. The van der Waals surface area contributed by atoms with Crippen LogP contribution in [-0.4, -0.2) is 34.2 Å². The molecular formula is C18H17Cl2N3O2S. The van der Waals surface area contributed by atoms with Gasteiger partial charge in [0.1, 0.15) is 11.5 Å². The molecule has 1 heterocycles. The number of halogens is 2. The number of nitrogens with zero attached hydrogens (tertiary/aromatic N) is 3. The molecule has 8 heteroatoms. The van der Waals surface area contributed by atoms with Crippen LogP contribution in [0.1, 0.15) is 0 Å². The summed E-state index contributed by atoms with van der Waals surface area (Å²) in [5.74, 6) is 2.90. The van der Waals surface area contributed by atoms with Crippen molar-refractivity contribution in [2.24, 2.45) is 7.05 Å². The van der Waals surface area contributed by atoms with E-state index in [0.29, 0.717) is 28.2 Å². The number of thioether (sulfide) groups is 1. The van der Waals surface area contributed by atoms with Crippen molar-refractivity contribution in [3.05, 3.63) is 52.5 Å². The van der Waals surface area contributed by atoms with Gasteiger partial charge in [0.05, 0.1) is 18.7 Å². The largest absolute Gasteiger partial charge is 0.497 e. The van der Waals surface area contributed by atoms with Crippen molar-refractivity contribution in [3.63, 3.8) is 0 Å². The van der Waals surface area contributed by atoms with Crippen LogP contribution < -0.4 is 9.47 Å². The fourth-order valence-corrected chi connectivity index (χ4v) is 3.52. The number of rotatable bonds is 7. The zero-order valence-corrected chi connectivity index (χ0v) is 16.6. The maximum atomic E-state index is 6.09. The highest BCUT2D eigenvalue weighted by atomic mass is 35.5. The van der Waals surface area contributed by atoms with Crippen LogP contribution in [0, 0.1) is 0 Å². The third-order valence-corrected chi connectivity index (χ3v) is 5.14. The molecule has 5 nitrogen and oxygen atoms in total. The lowest BCUT2D eigenvalue weighted by atomic mass is 10.2. The Balaban J connectivity index is 1.60. The molecule has 136 valence electrons. The molecule has 0 aliphatic rings. The summed E-state index contributed by atoms with van der Waals surface area (Å²) in [5.41, 5.74) is 0.954. The molecule has 0 amide bonds. The van der Waals surface area contributed by atoms with Gasteiger partial charge in [-0.1, -0.05) is 47.1 Å². The summed E-state index contributed by atoms with van der Waals surface area (Å²) in [5, 5.41) is 10.4. The molecule has 0 saturated heterocycles. The fourth-order valence-electron chi connectivity index (χ4n) is 2.33. The van der Waals surface area contributed by atoms with Gasteiger partial charge in [-0.15, -0.1) is 10.2 Å². The van der Waals surface area contributed by atoms with E-state index < -0.39 is 0 Å². The zero-order valence-electron chi connectivity index (χ0n) is 14.3. The van der Waals surface area contributed by atoms with E-state index in [1.165, 1.54) is 0 Å². The number of ether oxygens (including phenoxy) is 2. The van der Waals surface area contributed by atoms with Crippen LogP contribution in [0.15, 0.2) is 47.6 Å². The Morgan fingerprint density at radius 1 is 1.12 bits per heavy atom. The molecule has 3 rings (SSSR count). The molecule has 0 saturated carbocycles. The summed E-state index contributed by atoms with van der Waals surface area (Å²) < 4.78 is 12.9. The molecule has 3 aromatic rings. The van der Waals surface area contributed by atoms with Gasteiger partial charge in [0.15, 0.2) is 11.0 Å². The van der Waals surface area contributed by atoms with Gasteiger partial charge in [0.25, 0.3) is 0 Å². The normalized spacial score (nSPS) is 10.8. The first-order valence-corrected chi connectivity index (χ1v) is 9.57. The molecular weight excluding hydrogens is 393 g/mol. The van der Waals surface area contributed by atoms with Gasteiger partial charge in [-0.25, -0.2) is 0 Å². The van der Waals surface area contributed by atoms with Crippen molar-refractivity contribution < 1.29 is 9.47 Å². The predicted molar refractivity (Wildman–Crippen MR) is 106 cm³/mol. The molecule has 2 aromatic carbocycles. The summed E-state index contributed by atoms with van der Waals surface area (Å²) in [4.78, 5) is 0. The second-order valence-corrected chi connectivity index (χ2v) is 7.27. The Morgan fingerprint density at radius 3 is 2.73 bits per heavy atom. The van der Waals surface area contributed by atoms with Crippen molar-refractivity contribution in [3.8, 4) is 22.9 Å². The molecule has 26 heavy (non-hydrogen) atoms. The van der Waals surface area contributed by atoms with E-state index in [0.717, 1.165) is 22.3 Å². The number of aromatic nitrogens is 3. The van der Waals surface area contributed by atoms with E-state index in [2.05, 4.69) is 10.2 Å². The number of benzene rings is 2. The van der Waals surface area contributed by atoms with Gasteiger partial charge in [-0.3, -0.25) is 0 Å². The van der Waals surface area contributed by atoms with Crippen LogP contribution in [0.25, 0.3) is 11.4 Å². The van der Waals surface area contributed by atoms with E-state index in [4.69, 9.17) is 32.7 Å². The quantitative estimate of drug-likeness (QED) is 0.407. The molecule has 0 aliphatic carbocycles. The minimum atomic E-state index is 0.493. The van der Waals surface area contributed by atoms with Gasteiger partial charge in [-0.2, -0.15) is 0 Å². The van der Waals surface area contributed by atoms with Gasteiger partial charge in [0.2, 0.25) is 0 Å². The first-order chi connectivity index (χ1) is 12.6. The van der Waals surface area contributed by atoms with E-state index in [1.807, 2.05) is 35.9 Å². The second kappa shape index (κ2) is 8.66. The van der Waals surface area contributed by atoms with Gasteiger partial charge < -0.3 is 14.0 Å². The first-order valence-electron chi connectivity index (χ1n) is 7.83. The third-order valence-electron chi connectivity index (χ3n) is 3.63. The molecule has 0 fully saturated rings. The number of hydrogen-bond donors (Lipinski definition) is 0. The van der Waals surface area contributed by atoms with Crippen molar-refractivity contribution >= 4 is 35.0 Å². The van der Waals surface area contributed by atoms with Crippen LogP contribution in [0.4, 0.5) is 0 Å². The minimum Gasteiger partial charge on any atom is -0.497 e. The average Bonchev–Trinajstić information content (AvgIpc) is 3.01. The van der Waals surface area contributed by atoms with E-state index in [9.17, 15) is 0 Å². The molecule has 0 atom stereocenters. The standard InChI is InChI=1S/C18H17Cl2N3O2S/c1-23-17(12-4-3-5-14(10-12)24-2)21-22-18(23)26-9-8-25-16-7-6-13(19)11-15(16)20/h3-7,10-11H,8-9H2,1-2H3. The van der Waals surface area contributed by atoms with E-state index in [-0.39, 0.29) is 0 Å². The van der Waals surface area contributed by atoms with Crippen molar-refractivity contribution in [2.75, 3.05) is 19.5 Å². The van der Waals surface area contributed by atoms with Crippen molar-refractivity contribution in [2.45, 2.75) is 5.16 Å². The van der Waals surface area contributed by atoms with Gasteiger partial charge in [0, 0.05) is 23.4 Å². The van der Waals surface area contributed by atoms with Crippen LogP contribution in [-0.2, 0) is 7.05 Å². The lowest BCUT2D eigenvalue weighted by molar-refractivity contribution is 0.344. The summed E-state index contributed by atoms with van der Waals surface area (Å²) in [7, 11) is 3.58. The highest BCUT2D eigenvalue weighted by Gasteiger charge is 2.12.